The maximum atomic E-state index is 13.1. The zero-order valence-electron chi connectivity index (χ0n) is 20.8. The molecule has 0 aliphatic carbocycles. The second-order valence-electron chi connectivity index (χ2n) is 8.01. The first-order chi connectivity index (χ1) is 16.1. The lowest BCUT2D eigenvalue weighted by molar-refractivity contribution is 0.0882. The van der Waals surface area contributed by atoms with Gasteiger partial charge in [0.15, 0.2) is 17.3 Å². The Hall–Kier alpha value is -2.77. The van der Waals surface area contributed by atoms with Gasteiger partial charge in [-0.2, -0.15) is 9.67 Å². The minimum absolute atomic E-state index is 0.106. The van der Waals surface area contributed by atoms with Crippen LogP contribution in [0.1, 0.15) is 82.9 Å². The molecule has 8 heteroatoms. The Balaban J connectivity index is 2.25. The predicted molar refractivity (Wildman–Crippen MR) is 129 cm³/mol. The summed E-state index contributed by atoms with van der Waals surface area (Å²) in [5, 5.41) is 4.37. The minimum Gasteiger partial charge on any atom is -0.493 e. The number of hydrogen-bond donors (Lipinski definition) is 0. The lowest BCUT2D eigenvalue weighted by Gasteiger charge is -2.14. The van der Waals surface area contributed by atoms with E-state index in [4.69, 9.17) is 18.9 Å². The molecule has 184 valence electrons. The molecule has 1 aromatic carbocycles. The molecule has 1 aromatic heterocycles. The van der Waals surface area contributed by atoms with Crippen LogP contribution >= 0.6 is 0 Å². The van der Waals surface area contributed by atoms with E-state index in [1.54, 1.807) is 33.5 Å². The maximum Gasteiger partial charge on any atom is 0.336 e. The second kappa shape index (κ2) is 14.4. The van der Waals surface area contributed by atoms with Gasteiger partial charge < -0.3 is 18.9 Å². The van der Waals surface area contributed by atoms with E-state index in [9.17, 15) is 4.79 Å². The van der Waals surface area contributed by atoms with Crippen LogP contribution in [0.2, 0.25) is 0 Å². The van der Waals surface area contributed by atoms with Gasteiger partial charge in [0.25, 0.3) is 0 Å². The number of hydrogen-bond acceptors (Lipinski definition) is 7. The van der Waals surface area contributed by atoms with Gasteiger partial charge in [-0.05, 0) is 25.0 Å². The number of aromatic nitrogens is 3. The highest BCUT2D eigenvalue weighted by Gasteiger charge is 2.22. The zero-order valence-corrected chi connectivity index (χ0v) is 20.8. The Bertz CT molecular complexity index is 841. The van der Waals surface area contributed by atoms with Crippen molar-refractivity contribution in [2.75, 3.05) is 27.9 Å². The fraction of sp³-hybridized carbons (Fsp3) is 0.640. The molecule has 0 N–H and O–H groups in total. The van der Waals surface area contributed by atoms with Crippen molar-refractivity contribution >= 4 is 5.91 Å². The highest BCUT2D eigenvalue weighted by atomic mass is 16.5. The van der Waals surface area contributed by atoms with Gasteiger partial charge >= 0.3 is 6.01 Å². The molecule has 2 rings (SSSR count). The van der Waals surface area contributed by atoms with Crippen molar-refractivity contribution in [1.82, 2.24) is 14.8 Å². The number of rotatable bonds is 16. The van der Waals surface area contributed by atoms with E-state index in [0.29, 0.717) is 41.7 Å². The van der Waals surface area contributed by atoms with E-state index >= 15 is 0 Å². The summed E-state index contributed by atoms with van der Waals surface area (Å²) in [5.41, 5.74) is 0.634. The molecule has 0 spiro atoms. The molecule has 1 heterocycles. The van der Waals surface area contributed by atoms with Crippen molar-refractivity contribution < 1.29 is 23.7 Å². The summed E-state index contributed by atoms with van der Waals surface area (Å²) in [6.45, 7) is 4.80. The van der Waals surface area contributed by atoms with Gasteiger partial charge in [0.05, 0.1) is 27.9 Å². The second-order valence-corrected chi connectivity index (χ2v) is 8.01. The summed E-state index contributed by atoms with van der Waals surface area (Å²) in [7, 11) is 4.65. The van der Waals surface area contributed by atoms with Gasteiger partial charge in [-0.3, -0.25) is 4.79 Å². The van der Waals surface area contributed by atoms with Gasteiger partial charge in [-0.25, -0.2) is 0 Å². The average Bonchev–Trinajstić information content (AvgIpc) is 3.26. The van der Waals surface area contributed by atoms with Crippen LogP contribution in [0, 0.1) is 0 Å². The van der Waals surface area contributed by atoms with Crippen molar-refractivity contribution in [3.63, 3.8) is 0 Å². The fourth-order valence-corrected chi connectivity index (χ4v) is 3.57. The highest BCUT2D eigenvalue weighted by Crippen LogP contribution is 2.41. The number of carbonyl (C=O) groups is 1. The van der Waals surface area contributed by atoms with Gasteiger partial charge in [-0.1, -0.05) is 58.8 Å². The molecule has 2 aromatic rings. The summed E-state index contributed by atoms with van der Waals surface area (Å²) in [4.78, 5) is 17.6. The zero-order chi connectivity index (χ0) is 24.1. The van der Waals surface area contributed by atoms with Crippen LogP contribution in [-0.2, 0) is 0 Å². The maximum absolute atomic E-state index is 13.1. The number of methoxy groups -OCH3 is 3. The van der Waals surface area contributed by atoms with E-state index in [0.717, 1.165) is 32.1 Å². The summed E-state index contributed by atoms with van der Waals surface area (Å²) in [6.07, 6.45) is 10.3. The third kappa shape index (κ3) is 7.65. The Labute approximate surface area is 197 Å². The van der Waals surface area contributed by atoms with Crippen LogP contribution in [0.3, 0.4) is 0 Å². The number of carbonyl (C=O) groups excluding carboxylic acids is 1. The smallest absolute Gasteiger partial charge is 0.336 e. The third-order valence-electron chi connectivity index (χ3n) is 5.47. The van der Waals surface area contributed by atoms with Crippen LogP contribution in [0.25, 0.3) is 11.4 Å². The lowest BCUT2D eigenvalue weighted by Crippen LogP contribution is -2.14. The first kappa shape index (κ1) is 26.5. The molecule has 0 unspecified atom stereocenters. The van der Waals surface area contributed by atoms with E-state index in [-0.39, 0.29) is 11.9 Å². The molecule has 0 aliphatic rings. The van der Waals surface area contributed by atoms with Gasteiger partial charge in [0, 0.05) is 12.0 Å². The summed E-state index contributed by atoms with van der Waals surface area (Å²) >= 11 is 0. The van der Waals surface area contributed by atoms with Crippen LogP contribution in [-0.4, -0.2) is 48.6 Å². The molecule has 8 nitrogen and oxygen atoms in total. The average molecular weight is 462 g/mol. The molecular weight excluding hydrogens is 422 g/mol. The molecule has 0 bridgehead atoms. The van der Waals surface area contributed by atoms with Crippen molar-refractivity contribution in [2.45, 2.75) is 78.1 Å². The Morgan fingerprint density at radius 2 is 1.45 bits per heavy atom. The monoisotopic (exact) mass is 461 g/mol. The van der Waals surface area contributed by atoms with Crippen molar-refractivity contribution in [3.05, 3.63) is 12.1 Å². The van der Waals surface area contributed by atoms with Crippen molar-refractivity contribution in [3.8, 4) is 34.6 Å². The van der Waals surface area contributed by atoms with Crippen LogP contribution in [0.15, 0.2) is 12.1 Å². The summed E-state index contributed by atoms with van der Waals surface area (Å²) in [6, 6.07) is 3.72. The Kier molecular flexibility index (Phi) is 11.6. The normalized spacial score (nSPS) is 10.8. The fourth-order valence-electron chi connectivity index (χ4n) is 3.57. The molecule has 0 saturated heterocycles. The van der Waals surface area contributed by atoms with Gasteiger partial charge in [0.1, 0.15) is 0 Å². The molecule has 33 heavy (non-hydrogen) atoms. The van der Waals surface area contributed by atoms with E-state index in [1.165, 1.54) is 30.4 Å². The van der Waals surface area contributed by atoms with E-state index in [1.807, 2.05) is 0 Å². The third-order valence-corrected chi connectivity index (χ3v) is 5.47. The first-order valence-corrected chi connectivity index (χ1v) is 12.0. The molecular formula is C25H39N3O5. The van der Waals surface area contributed by atoms with Gasteiger partial charge in [0.2, 0.25) is 11.7 Å². The minimum atomic E-state index is -0.106. The van der Waals surface area contributed by atoms with Crippen molar-refractivity contribution in [2.24, 2.45) is 0 Å². The highest BCUT2D eigenvalue weighted by molar-refractivity contribution is 5.83. The number of ether oxygens (including phenoxy) is 4. The molecule has 0 aliphatic heterocycles. The number of nitrogens with zero attached hydrogens (tertiary/aromatic N) is 3. The standard InChI is InChI=1S/C25H39N3O5/c1-6-8-10-11-12-13-14-15-22(29)28-24(26-25(27-28)33-16-9-7-2)19-17-20(30-3)23(32-5)21(18-19)31-4/h17-18H,6-16H2,1-5H3. The van der Waals surface area contributed by atoms with E-state index < -0.39 is 0 Å². The summed E-state index contributed by atoms with van der Waals surface area (Å²) in [5.74, 6) is 1.73. The predicted octanol–water partition coefficient (Wildman–Crippen LogP) is 5.93. The van der Waals surface area contributed by atoms with Crippen molar-refractivity contribution in [1.29, 1.82) is 0 Å². The SMILES string of the molecule is CCCCCCCCCC(=O)n1nc(OCCCC)nc1-c1cc(OC)c(OC)c(OC)c1. The molecule has 0 saturated carbocycles. The number of benzene rings is 1. The quantitative estimate of drug-likeness (QED) is 0.286. The molecule has 0 radical (unpaired) electrons. The van der Waals surface area contributed by atoms with E-state index in [2.05, 4.69) is 23.9 Å². The lowest BCUT2D eigenvalue weighted by atomic mass is 10.1. The van der Waals surface area contributed by atoms with Crippen LogP contribution in [0.5, 0.6) is 23.3 Å². The molecule has 0 amide bonds. The topological polar surface area (TPSA) is 84.7 Å². The van der Waals surface area contributed by atoms with Crippen LogP contribution < -0.4 is 18.9 Å². The van der Waals surface area contributed by atoms with Gasteiger partial charge in [-0.15, -0.1) is 5.10 Å². The summed E-state index contributed by atoms with van der Waals surface area (Å²) < 4.78 is 23.4. The molecule has 0 fully saturated rings. The Morgan fingerprint density at radius 3 is 2.03 bits per heavy atom. The van der Waals surface area contributed by atoms with Crippen LogP contribution in [0.4, 0.5) is 0 Å². The largest absolute Gasteiger partial charge is 0.493 e. The molecule has 0 atom stereocenters. The first-order valence-electron chi connectivity index (χ1n) is 12.0. The Morgan fingerprint density at radius 1 is 0.848 bits per heavy atom. The number of unbranched alkanes of at least 4 members (excludes halogenated alkanes) is 7.